The molecule has 3 N–H and O–H groups in total. The van der Waals surface area contributed by atoms with E-state index < -0.39 is 11.6 Å². The van der Waals surface area contributed by atoms with Gasteiger partial charge in [-0.2, -0.15) is 0 Å². The van der Waals surface area contributed by atoms with Crippen LogP contribution in [0.2, 0.25) is 0 Å². The molecule has 1 saturated heterocycles. The van der Waals surface area contributed by atoms with E-state index in [4.69, 9.17) is 5.11 Å². The van der Waals surface area contributed by atoms with Crippen molar-refractivity contribution in [2.24, 2.45) is 5.92 Å². The van der Waals surface area contributed by atoms with E-state index in [-0.39, 0.29) is 18.6 Å². The summed E-state index contributed by atoms with van der Waals surface area (Å²) < 4.78 is 0. The normalized spacial score (nSPS) is 37.2. The molecular formula is C14H25NO4. The maximum atomic E-state index is 10.9. The largest absolute Gasteiger partial charge is 0.481 e. The van der Waals surface area contributed by atoms with Crippen molar-refractivity contribution in [2.45, 2.75) is 56.6 Å². The van der Waals surface area contributed by atoms with Gasteiger partial charge in [-0.05, 0) is 45.1 Å². The Morgan fingerprint density at radius 3 is 2.47 bits per heavy atom. The minimum absolute atomic E-state index is 0.147. The van der Waals surface area contributed by atoms with Gasteiger partial charge in [-0.25, -0.2) is 0 Å². The highest BCUT2D eigenvalue weighted by atomic mass is 16.4. The van der Waals surface area contributed by atoms with Gasteiger partial charge in [0.2, 0.25) is 0 Å². The second-order valence-corrected chi connectivity index (χ2v) is 6.14. The van der Waals surface area contributed by atoms with E-state index in [1.807, 2.05) is 0 Å². The Labute approximate surface area is 114 Å². The lowest BCUT2D eigenvalue weighted by molar-refractivity contribution is -0.145. The molecule has 0 amide bonds. The Bertz CT molecular complexity index is 313. The number of hydrogen-bond donors (Lipinski definition) is 3. The number of likely N-dealkylation sites (tertiary alicyclic amines) is 1. The molecule has 2 aliphatic rings. The molecule has 1 aliphatic heterocycles. The Morgan fingerprint density at radius 1 is 1.21 bits per heavy atom. The molecular weight excluding hydrogens is 246 g/mol. The van der Waals surface area contributed by atoms with E-state index in [9.17, 15) is 15.0 Å². The first-order valence-electron chi connectivity index (χ1n) is 7.34. The summed E-state index contributed by atoms with van der Waals surface area (Å²) in [6, 6.07) is 0.162. The first-order chi connectivity index (χ1) is 9.04. The third kappa shape index (κ3) is 3.68. The lowest BCUT2D eigenvalue weighted by Crippen LogP contribution is -2.52. The quantitative estimate of drug-likeness (QED) is 0.706. The molecule has 0 aromatic rings. The van der Waals surface area contributed by atoms with Crippen molar-refractivity contribution in [3.05, 3.63) is 0 Å². The van der Waals surface area contributed by atoms with Crippen molar-refractivity contribution in [1.82, 2.24) is 4.90 Å². The second-order valence-electron chi connectivity index (χ2n) is 6.14. The minimum atomic E-state index is -0.767. The van der Waals surface area contributed by atoms with E-state index in [1.54, 1.807) is 0 Å². The predicted octanol–water partition coefficient (Wildman–Crippen LogP) is 0.839. The number of hydrogen-bond acceptors (Lipinski definition) is 4. The van der Waals surface area contributed by atoms with Crippen LogP contribution in [0, 0.1) is 5.92 Å². The fourth-order valence-electron chi connectivity index (χ4n) is 3.41. The number of nitrogens with zero attached hydrogens (tertiary/aromatic N) is 1. The molecule has 1 aliphatic carbocycles. The van der Waals surface area contributed by atoms with E-state index >= 15 is 0 Å². The number of rotatable bonds is 4. The van der Waals surface area contributed by atoms with Gasteiger partial charge in [0.25, 0.3) is 0 Å². The van der Waals surface area contributed by atoms with Crippen LogP contribution in [-0.2, 0) is 4.79 Å². The molecule has 1 saturated carbocycles. The zero-order valence-electron chi connectivity index (χ0n) is 11.4. The number of aliphatic hydroxyl groups excluding tert-OH is 1. The van der Waals surface area contributed by atoms with Crippen LogP contribution in [0.3, 0.4) is 0 Å². The Balaban J connectivity index is 1.89. The van der Waals surface area contributed by atoms with Gasteiger partial charge in [-0.1, -0.05) is 6.42 Å². The molecule has 5 nitrogen and oxygen atoms in total. The number of aliphatic carboxylic acids is 1. The smallest absolute Gasteiger partial charge is 0.306 e. The van der Waals surface area contributed by atoms with Gasteiger partial charge in [0, 0.05) is 12.6 Å². The van der Waals surface area contributed by atoms with Gasteiger partial charge in [-0.15, -0.1) is 0 Å². The molecule has 5 heteroatoms. The molecule has 110 valence electrons. The van der Waals surface area contributed by atoms with Crippen LogP contribution >= 0.6 is 0 Å². The van der Waals surface area contributed by atoms with Crippen molar-refractivity contribution < 1.29 is 20.1 Å². The zero-order chi connectivity index (χ0) is 13.9. The van der Waals surface area contributed by atoms with E-state index in [2.05, 4.69) is 4.90 Å². The lowest BCUT2D eigenvalue weighted by atomic mass is 9.78. The first-order valence-corrected chi connectivity index (χ1v) is 7.34. The number of β-amino-alcohol motifs (C(OH)–C–C–N with tert-alkyl or cyclic N) is 1. The molecule has 0 bridgehead atoms. The van der Waals surface area contributed by atoms with E-state index in [0.717, 1.165) is 25.8 Å². The Kier molecular flexibility index (Phi) is 4.81. The maximum Gasteiger partial charge on any atom is 0.306 e. The van der Waals surface area contributed by atoms with Crippen molar-refractivity contribution in [3.63, 3.8) is 0 Å². The lowest BCUT2D eigenvalue weighted by Gasteiger charge is -2.42. The molecule has 2 fully saturated rings. The van der Waals surface area contributed by atoms with Crippen molar-refractivity contribution >= 4 is 5.97 Å². The van der Waals surface area contributed by atoms with Gasteiger partial charge < -0.3 is 15.3 Å². The van der Waals surface area contributed by atoms with Crippen LogP contribution in [0.25, 0.3) is 0 Å². The Hall–Kier alpha value is -0.650. The third-order valence-electron chi connectivity index (χ3n) is 4.72. The predicted molar refractivity (Wildman–Crippen MR) is 70.8 cm³/mol. The molecule has 2 rings (SSSR count). The van der Waals surface area contributed by atoms with E-state index in [1.165, 1.54) is 0 Å². The number of aliphatic hydroxyl groups is 2. The SMILES string of the molecule is O=C(O)C1CCC(O)(CN2CCCCC2CO)CC1. The summed E-state index contributed by atoms with van der Waals surface area (Å²) >= 11 is 0. The van der Waals surface area contributed by atoms with Crippen LogP contribution in [0.4, 0.5) is 0 Å². The van der Waals surface area contributed by atoms with Gasteiger partial charge in [-0.3, -0.25) is 9.69 Å². The summed E-state index contributed by atoms with van der Waals surface area (Å²) in [6.07, 6.45) is 5.47. The standard InChI is InChI=1S/C14H25NO4/c16-9-12-3-1-2-8-15(12)10-14(19)6-4-11(5-7-14)13(17)18/h11-12,16,19H,1-10H2,(H,17,18). The van der Waals surface area contributed by atoms with Crippen molar-refractivity contribution in [3.8, 4) is 0 Å². The molecule has 1 atom stereocenters. The third-order valence-corrected chi connectivity index (χ3v) is 4.72. The van der Waals surface area contributed by atoms with Crippen LogP contribution in [0.5, 0.6) is 0 Å². The number of carboxylic acids is 1. The summed E-state index contributed by atoms with van der Waals surface area (Å²) in [5.74, 6) is -1.04. The maximum absolute atomic E-state index is 10.9. The highest BCUT2D eigenvalue weighted by molar-refractivity contribution is 5.70. The molecule has 19 heavy (non-hydrogen) atoms. The minimum Gasteiger partial charge on any atom is -0.481 e. The summed E-state index contributed by atoms with van der Waals surface area (Å²) in [6.45, 7) is 1.65. The molecule has 0 spiro atoms. The van der Waals surface area contributed by atoms with E-state index in [0.29, 0.717) is 32.2 Å². The van der Waals surface area contributed by atoms with Crippen LogP contribution in [0.15, 0.2) is 0 Å². The summed E-state index contributed by atoms with van der Waals surface area (Å²) in [5.41, 5.74) is -0.767. The fourth-order valence-corrected chi connectivity index (χ4v) is 3.41. The van der Waals surface area contributed by atoms with Gasteiger partial charge >= 0.3 is 5.97 Å². The Morgan fingerprint density at radius 2 is 1.89 bits per heavy atom. The van der Waals surface area contributed by atoms with Crippen LogP contribution in [0.1, 0.15) is 44.9 Å². The summed E-state index contributed by atoms with van der Waals surface area (Å²) in [5, 5.41) is 29.0. The summed E-state index contributed by atoms with van der Waals surface area (Å²) in [7, 11) is 0. The van der Waals surface area contributed by atoms with Gasteiger partial charge in [0.15, 0.2) is 0 Å². The topological polar surface area (TPSA) is 81.0 Å². The van der Waals surface area contributed by atoms with Gasteiger partial charge in [0.05, 0.1) is 18.1 Å². The highest BCUT2D eigenvalue weighted by Gasteiger charge is 2.38. The second kappa shape index (κ2) is 6.20. The van der Waals surface area contributed by atoms with Crippen LogP contribution in [-0.4, -0.2) is 57.5 Å². The number of piperidine rings is 1. The van der Waals surface area contributed by atoms with Crippen LogP contribution < -0.4 is 0 Å². The molecule has 0 aromatic carbocycles. The summed E-state index contributed by atoms with van der Waals surface area (Å²) in [4.78, 5) is 13.1. The molecule has 1 heterocycles. The van der Waals surface area contributed by atoms with Crippen molar-refractivity contribution in [2.75, 3.05) is 19.7 Å². The number of carboxylic acid groups (broad SMARTS) is 1. The molecule has 0 radical (unpaired) electrons. The highest BCUT2D eigenvalue weighted by Crippen LogP contribution is 2.34. The molecule has 0 aromatic heterocycles. The monoisotopic (exact) mass is 271 g/mol. The number of carbonyl (C=O) groups is 1. The average Bonchev–Trinajstić information content (AvgIpc) is 2.39. The zero-order valence-corrected chi connectivity index (χ0v) is 11.4. The van der Waals surface area contributed by atoms with Crippen molar-refractivity contribution in [1.29, 1.82) is 0 Å². The first kappa shape index (κ1) is 14.8. The average molecular weight is 271 g/mol. The van der Waals surface area contributed by atoms with Gasteiger partial charge in [0.1, 0.15) is 0 Å². The molecule has 1 unspecified atom stereocenters. The fraction of sp³-hybridized carbons (Fsp3) is 0.929.